The lowest BCUT2D eigenvalue weighted by atomic mass is 9.71. The van der Waals surface area contributed by atoms with Gasteiger partial charge in [0.05, 0.1) is 6.42 Å². The first-order chi connectivity index (χ1) is 10.2. The van der Waals surface area contributed by atoms with E-state index in [1.54, 1.807) is 0 Å². The van der Waals surface area contributed by atoms with Gasteiger partial charge < -0.3 is 10.0 Å². The van der Waals surface area contributed by atoms with Crippen molar-refractivity contribution in [1.29, 1.82) is 0 Å². The first-order valence-corrected chi connectivity index (χ1v) is 8.85. The van der Waals surface area contributed by atoms with Crippen molar-refractivity contribution >= 4 is 5.97 Å². The van der Waals surface area contributed by atoms with E-state index in [0.29, 0.717) is 0 Å². The summed E-state index contributed by atoms with van der Waals surface area (Å²) in [6.07, 6.45) is 11.9. The van der Waals surface area contributed by atoms with E-state index in [0.717, 1.165) is 44.2 Å². The zero-order valence-electron chi connectivity index (χ0n) is 13.2. The second-order valence-electron chi connectivity index (χ2n) is 7.46. The summed E-state index contributed by atoms with van der Waals surface area (Å²) in [5.74, 6) is -0.674. The van der Waals surface area contributed by atoms with Crippen molar-refractivity contribution in [2.75, 3.05) is 32.7 Å². The largest absolute Gasteiger partial charge is 0.481 e. The van der Waals surface area contributed by atoms with Crippen LogP contribution in [0.3, 0.4) is 0 Å². The molecule has 2 saturated carbocycles. The Labute approximate surface area is 128 Å². The number of carboxylic acids is 1. The van der Waals surface area contributed by atoms with E-state index in [4.69, 9.17) is 5.11 Å². The number of piperazine rings is 1. The van der Waals surface area contributed by atoms with Crippen molar-refractivity contribution in [2.45, 2.75) is 63.8 Å². The van der Waals surface area contributed by atoms with Crippen LogP contribution in [0.15, 0.2) is 0 Å². The van der Waals surface area contributed by atoms with Gasteiger partial charge in [-0.2, -0.15) is 0 Å². The summed E-state index contributed by atoms with van der Waals surface area (Å²) < 4.78 is 0. The predicted molar refractivity (Wildman–Crippen MR) is 83.4 cm³/mol. The van der Waals surface area contributed by atoms with E-state index in [1.807, 2.05) is 0 Å². The average molecular weight is 294 g/mol. The Morgan fingerprint density at radius 3 is 2.19 bits per heavy atom. The number of rotatable bonds is 4. The van der Waals surface area contributed by atoms with Gasteiger partial charge in [-0.25, -0.2) is 0 Å². The Morgan fingerprint density at radius 1 is 1.00 bits per heavy atom. The highest BCUT2D eigenvalue weighted by molar-refractivity contribution is 5.66. The second kappa shape index (κ2) is 6.66. The third-order valence-corrected chi connectivity index (χ3v) is 6.25. The molecule has 3 rings (SSSR count). The van der Waals surface area contributed by atoms with Crippen molar-refractivity contribution in [3.05, 3.63) is 0 Å². The predicted octanol–water partition coefficient (Wildman–Crippen LogP) is 2.58. The van der Waals surface area contributed by atoms with E-state index in [-0.39, 0.29) is 6.42 Å². The number of carboxylic acid groups (broad SMARTS) is 1. The van der Waals surface area contributed by atoms with E-state index in [9.17, 15) is 4.79 Å². The van der Waals surface area contributed by atoms with Crippen LogP contribution in [0.2, 0.25) is 0 Å². The van der Waals surface area contributed by atoms with Crippen LogP contribution in [0, 0.1) is 5.41 Å². The van der Waals surface area contributed by atoms with Gasteiger partial charge in [-0.15, -0.1) is 0 Å². The molecule has 0 bridgehead atoms. The standard InChI is InChI=1S/C17H30N2O2/c20-16(21)5-10-18-11-13-19(14-12-18)15-3-8-17(9-4-15)6-1-2-7-17/h15H,1-14H2,(H,20,21). The topological polar surface area (TPSA) is 43.8 Å². The molecule has 1 N–H and O–H groups in total. The van der Waals surface area contributed by atoms with Crippen LogP contribution in [-0.2, 0) is 4.79 Å². The molecule has 3 fully saturated rings. The lowest BCUT2D eigenvalue weighted by Crippen LogP contribution is -2.51. The fourth-order valence-electron chi connectivity index (χ4n) is 4.81. The molecule has 0 unspecified atom stereocenters. The van der Waals surface area contributed by atoms with E-state index in [1.165, 1.54) is 51.4 Å². The summed E-state index contributed by atoms with van der Waals surface area (Å²) >= 11 is 0. The molecule has 3 aliphatic rings. The van der Waals surface area contributed by atoms with Crippen molar-refractivity contribution in [3.8, 4) is 0 Å². The van der Waals surface area contributed by atoms with Gasteiger partial charge in [-0.1, -0.05) is 12.8 Å². The molecule has 2 aliphatic carbocycles. The molecule has 0 aromatic carbocycles. The normalized spacial score (nSPS) is 28.2. The molecule has 1 spiro atoms. The smallest absolute Gasteiger partial charge is 0.304 e. The molecule has 0 atom stereocenters. The van der Waals surface area contributed by atoms with E-state index >= 15 is 0 Å². The van der Waals surface area contributed by atoms with Crippen LogP contribution in [0.5, 0.6) is 0 Å². The number of hydrogen-bond acceptors (Lipinski definition) is 3. The minimum absolute atomic E-state index is 0.284. The molecule has 1 heterocycles. The summed E-state index contributed by atoms with van der Waals surface area (Å²) in [5, 5.41) is 8.76. The molecule has 0 radical (unpaired) electrons. The van der Waals surface area contributed by atoms with Crippen LogP contribution in [0.25, 0.3) is 0 Å². The number of nitrogens with zero attached hydrogens (tertiary/aromatic N) is 2. The van der Waals surface area contributed by atoms with Gasteiger partial charge in [0.1, 0.15) is 0 Å². The molecule has 21 heavy (non-hydrogen) atoms. The number of carbonyl (C=O) groups is 1. The van der Waals surface area contributed by atoms with E-state index in [2.05, 4.69) is 9.80 Å². The highest BCUT2D eigenvalue weighted by Gasteiger charge is 2.39. The van der Waals surface area contributed by atoms with Crippen molar-refractivity contribution in [3.63, 3.8) is 0 Å². The molecule has 0 aromatic rings. The van der Waals surface area contributed by atoms with Crippen LogP contribution in [0.4, 0.5) is 0 Å². The van der Waals surface area contributed by atoms with Crippen LogP contribution >= 0.6 is 0 Å². The zero-order chi connectivity index (χ0) is 14.7. The van der Waals surface area contributed by atoms with E-state index < -0.39 is 5.97 Å². The lowest BCUT2D eigenvalue weighted by Gasteiger charge is -2.44. The van der Waals surface area contributed by atoms with Crippen LogP contribution in [0.1, 0.15) is 57.8 Å². The highest BCUT2D eigenvalue weighted by Crippen LogP contribution is 2.49. The molecule has 1 aliphatic heterocycles. The lowest BCUT2D eigenvalue weighted by molar-refractivity contribution is -0.137. The fraction of sp³-hybridized carbons (Fsp3) is 0.941. The summed E-state index contributed by atoms with van der Waals surface area (Å²) in [4.78, 5) is 15.6. The van der Waals surface area contributed by atoms with Crippen molar-refractivity contribution < 1.29 is 9.90 Å². The minimum atomic E-state index is -0.674. The van der Waals surface area contributed by atoms with Gasteiger partial charge in [-0.3, -0.25) is 9.69 Å². The molecule has 4 heteroatoms. The molecule has 0 aromatic heterocycles. The quantitative estimate of drug-likeness (QED) is 0.865. The van der Waals surface area contributed by atoms with Crippen LogP contribution < -0.4 is 0 Å². The third kappa shape index (κ3) is 3.78. The maximum atomic E-state index is 10.6. The first kappa shape index (κ1) is 15.3. The van der Waals surface area contributed by atoms with Gasteiger partial charge in [0.15, 0.2) is 0 Å². The Bertz CT molecular complexity index is 348. The van der Waals surface area contributed by atoms with Gasteiger partial charge >= 0.3 is 5.97 Å². The minimum Gasteiger partial charge on any atom is -0.481 e. The third-order valence-electron chi connectivity index (χ3n) is 6.25. The van der Waals surface area contributed by atoms with Gasteiger partial charge in [0.2, 0.25) is 0 Å². The Hall–Kier alpha value is -0.610. The average Bonchev–Trinajstić information content (AvgIpc) is 2.95. The Morgan fingerprint density at radius 2 is 1.62 bits per heavy atom. The van der Waals surface area contributed by atoms with Gasteiger partial charge in [0, 0.05) is 38.8 Å². The SMILES string of the molecule is O=C(O)CCN1CCN(C2CCC3(CCCC3)CC2)CC1. The molecular weight excluding hydrogens is 264 g/mol. The van der Waals surface area contributed by atoms with Crippen molar-refractivity contribution in [1.82, 2.24) is 9.80 Å². The molecule has 0 amide bonds. The van der Waals surface area contributed by atoms with Crippen LogP contribution in [-0.4, -0.2) is 59.6 Å². The summed E-state index contributed by atoms with van der Waals surface area (Å²) in [6, 6.07) is 0.804. The Balaban J connectivity index is 1.40. The number of hydrogen-bond donors (Lipinski definition) is 1. The Kier molecular flexibility index (Phi) is 4.85. The second-order valence-corrected chi connectivity index (χ2v) is 7.46. The fourth-order valence-corrected chi connectivity index (χ4v) is 4.81. The monoisotopic (exact) mass is 294 g/mol. The molecular formula is C17H30N2O2. The van der Waals surface area contributed by atoms with Gasteiger partial charge in [0.25, 0.3) is 0 Å². The summed E-state index contributed by atoms with van der Waals surface area (Å²) in [5.41, 5.74) is 0.736. The van der Waals surface area contributed by atoms with Gasteiger partial charge in [-0.05, 0) is 43.9 Å². The summed E-state index contributed by atoms with van der Waals surface area (Å²) in [7, 11) is 0. The molecule has 1 saturated heterocycles. The summed E-state index contributed by atoms with van der Waals surface area (Å²) in [6.45, 7) is 5.09. The number of aliphatic carboxylic acids is 1. The van der Waals surface area contributed by atoms with Crippen molar-refractivity contribution in [2.24, 2.45) is 5.41 Å². The highest BCUT2D eigenvalue weighted by atomic mass is 16.4. The zero-order valence-corrected chi connectivity index (χ0v) is 13.2. The first-order valence-electron chi connectivity index (χ1n) is 8.85. The maximum Gasteiger partial charge on any atom is 0.304 e. The maximum absolute atomic E-state index is 10.6. The molecule has 120 valence electrons. The molecule has 4 nitrogen and oxygen atoms in total.